The number of aliphatic carboxylic acids is 1. The van der Waals surface area contributed by atoms with E-state index in [1.54, 1.807) is 0 Å². The van der Waals surface area contributed by atoms with E-state index in [0.29, 0.717) is 12.8 Å². The first-order valence-electron chi connectivity index (χ1n) is 10.5. The number of hydrogen-bond donors (Lipinski definition) is 2. The van der Waals surface area contributed by atoms with Crippen molar-refractivity contribution in [3.05, 3.63) is 35.9 Å². The maximum Gasteiger partial charge on any atom is 0.407 e. The van der Waals surface area contributed by atoms with E-state index in [9.17, 15) is 14.7 Å². The molecule has 1 unspecified atom stereocenters. The largest absolute Gasteiger partial charge is 0.481 e. The molecular formula is C23H39NO5Si. The molecule has 2 N–H and O–H groups in total. The molecule has 6 nitrogen and oxygen atoms in total. The summed E-state index contributed by atoms with van der Waals surface area (Å²) in [4.78, 5) is 23.9. The van der Waals surface area contributed by atoms with Crippen molar-refractivity contribution in [2.45, 2.75) is 96.7 Å². The van der Waals surface area contributed by atoms with Gasteiger partial charge in [-0.15, -0.1) is 0 Å². The number of nitrogens with one attached hydrogen (secondary N) is 1. The second-order valence-electron chi connectivity index (χ2n) is 10.3. The van der Waals surface area contributed by atoms with Crippen molar-refractivity contribution in [3.8, 4) is 0 Å². The molecule has 0 aromatic heterocycles. The van der Waals surface area contributed by atoms with Crippen LogP contribution in [-0.2, 0) is 20.4 Å². The molecule has 30 heavy (non-hydrogen) atoms. The fourth-order valence-corrected chi connectivity index (χ4v) is 4.16. The lowest BCUT2D eigenvalue weighted by atomic mass is 9.98. The van der Waals surface area contributed by atoms with Gasteiger partial charge >= 0.3 is 12.1 Å². The van der Waals surface area contributed by atoms with Gasteiger partial charge in [0.1, 0.15) is 5.60 Å². The summed E-state index contributed by atoms with van der Waals surface area (Å²) >= 11 is 0. The Balaban J connectivity index is 3.20. The number of ether oxygens (including phenoxy) is 1. The molecule has 0 radical (unpaired) electrons. The lowest BCUT2D eigenvalue weighted by molar-refractivity contribution is -0.137. The van der Waals surface area contributed by atoms with Gasteiger partial charge in [-0.1, -0.05) is 51.1 Å². The predicted octanol–water partition coefficient (Wildman–Crippen LogP) is 5.38. The van der Waals surface area contributed by atoms with Crippen molar-refractivity contribution in [2.24, 2.45) is 0 Å². The summed E-state index contributed by atoms with van der Waals surface area (Å²) in [7, 11) is -2.20. The van der Waals surface area contributed by atoms with Crippen LogP contribution >= 0.6 is 0 Å². The van der Waals surface area contributed by atoms with Crippen LogP contribution in [0.3, 0.4) is 0 Å². The molecular weight excluding hydrogens is 398 g/mol. The highest BCUT2D eigenvalue weighted by atomic mass is 28.4. The first-order valence-corrected chi connectivity index (χ1v) is 13.4. The number of rotatable bonds is 9. The molecule has 0 bridgehead atoms. The first kappa shape index (κ1) is 26.2. The molecule has 0 saturated carbocycles. The van der Waals surface area contributed by atoms with E-state index in [2.05, 4.69) is 39.2 Å². The lowest BCUT2D eigenvalue weighted by Gasteiger charge is -2.41. The highest BCUT2D eigenvalue weighted by Crippen LogP contribution is 2.38. The van der Waals surface area contributed by atoms with E-state index in [4.69, 9.17) is 9.16 Å². The molecule has 7 heteroatoms. The molecule has 0 spiro atoms. The van der Waals surface area contributed by atoms with Crippen molar-refractivity contribution in [3.63, 3.8) is 0 Å². The SMILES string of the molecule is CC(C)(C)OC(=O)NC(Cc1ccccc1)[C@@H](CCC(=O)O)O[Si](C)(C)C(C)(C)C. The lowest BCUT2D eigenvalue weighted by Crippen LogP contribution is -2.53. The zero-order valence-electron chi connectivity index (χ0n) is 19.7. The summed E-state index contributed by atoms with van der Waals surface area (Å²) in [6, 6.07) is 9.40. The number of carbonyl (C=O) groups is 2. The Morgan fingerprint density at radius 2 is 1.63 bits per heavy atom. The van der Waals surface area contributed by atoms with Gasteiger partial charge in [0, 0.05) is 6.42 Å². The van der Waals surface area contributed by atoms with Crippen LogP contribution in [-0.4, -0.2) is 43.2 Å². The number of carboxylic acid groups (broad SMARTS) is 1. The molecule has 0 aliphatic heterocycles. The standard InChI is InChI=1S/C23H39NO5Si/c1-22(2,3)28-21(27)24-18(16-17-12-10-9-11-13-17)19(14-15-20(25)26)29-30(7,8)23(4,5)6/h9-13,18-19H,14-16H2,1-8H3,(H,24,27)(H,25,26)/t18?,19-/m1/s1. The van der Waals surface area contributed by atoms with Gasteiger partial charge in [0.05, 0.1) is 12.1 Å². The van der Waals surface area contributed by atoms with Gasteiger partial charge < -0.3 is 19.6 Å². The molecule has 0 aliphatic rings. The fourth-order valence-electron chi connectivity index (χ4n) is 2.77. The van der Waals surface area contributed by atoms with Crippen molar-refractivity contribution < 1.29 is 23.9 Å². The third kappa shape index (κ3) is 9.30. The van der Waals surface area contributed by atoms with Crippen LogP contribution in [0.2, 0.25) is 18.1 Å². The van der Waals surface area contributed by atoms with Gasteiger partial charge in [0.25, 0.3) is 0 Å². The number of alkyl carbamates (subject to hydrolysis) is 1. The minimum atomic E-state index is -2.20. The van der Waals surface area contributed by atoms with E-state index in [0.717, 1.165) is 5.56 Å². The van der Waals surface area contributed by atoms with Crippen LogP contribution in [0.15, 0.2) is 30.3 Å². The molecule has 0 aliphatic carbocycles. The molecule has 1 amide bonds. The van der Waals surface area contributed by atoms with Crippen molar-refractivity contribution in [2.75, 3.05) is 0 Å². The van der Waals surface area contributed by atoms with Crippen molar-refractivity contribution in [1.82, 2.24) is 5.32 Å². The van der Waals surface area contributed by atoms with Gasteiger partial charge in [-0.25, -0.2) is 4.79 Å². The van der Waals surface area contributed by atoms with Gasteiger partial charge in [0.2, 0.25) is 0 Å². The number of carbonyl (C=O) groups excluding carboxylic acids is 1. The van der Waals surface area contributed by atoms with Gasteiger partial charge in [-0.05, 0) is 57.3 Å². The average Bonchev–Trinajstić information content (AvgIpc) is 2.56. The van der Waals surface area contributed by atoms with Gasteiger partial charge in [0.15, 0.2) is 8.32 Å². The topological polar surface area (TPSA) is 84.9 Å². The van der Waals surface area contributed by atoms with Crippen LogP contribution in [0.1, 0.15) is 59.9 Å². The number of amides is 1. The Morgan fingerprint density at radius 1 is 1.07 bits per heavy atom. The molecule has 0 heterocycles. The van der Waals surface area contributed by atoms with E-state index in [1.165, 1.54) is 0 Å². The Kier molecular flexibility index (Phi) is 9.11. The second-order valence-corrected chi connectivity index (χ2v) is 15.0. The summed E-state index contributed by atoms with van der Waals surface area (Å²) < 4.78 is 12.1. The minimum Gasteiger partial charge on any atom is -0.481 e. The number of benzene rings is 1. The van der Waals surface area contributed by atoms with Crippen molar-refractivity contribution in [1.29, 1.82) is 0 Å². The Labute approximate surface area is 182 Å². The summed E-state index contributed by atoms with van der Waals surface area (Å²) in [5.41, 5.74) is 0.413. The Bertz CT molecular complexity index is 692. The van der Waals surface area contributed by atoms with Crippen molar-refractivity contribution >= 4 is 20.4 Å². The molecule has 1 aromatic carbocycles. The summed E-state index contributed by atoms with van der Waals surface area (Å²) in [6.45, 7) is 16.1. The monoisotopic (exact) mass is 437 g/mol. The van der Waals surface area contributed by atoms with E-state index in [1.807, 2.05) is 51.1 Å². The van der Waals surface area contributed by atoms with Crippen LogP contribution < -0.4 is 5.32 Å². The molecule has 0 fully saturated rings. The number of carboxylic acids is 1. The Morgan fingerprint density at radius 3 is 2.10 bits per heavy atom. The maximum absolute atomic E-state index is 12.6. The Hall–Kier alpha value is -1.86. The summed E-state index contributed by atoms with van der Waals surface area (Å²) in [6.07, 6.45) is -0.147. The molecule has 170 valence electrons. The van der Waals surface area contributed by atoms with Gasteiger partial charge in [-0.2, -0.15) is 0 Å². The average molecular weight is 438 g/mol. The summed E-state index contributed by atoms with van der Waals surface area (Å²) in [5.74, 6) is -0.880. The normalized spacial score (nSPS) is 14.7. The van der Waals surface area contributed by atoms with Crippen LogP contribution in [0.5, 0.6) is 0 Å². The number of hydrogen-bond acceptors (Lipinski definition) is 4. The maximum atomic E-state index is 12.6. The minimum absolute atomic E-state index is 0.0272. The smallest absolute Gasteiger partial charge is 0.407 e. The van der Waals surface area contributed by atoms with Crippen LogP contribution in [0.4, 0.5) is 4.79 Å². The quantitative estimate of drug-likeness (QED) is 0.507. The molecule has 1 aromatic rings. The van der Waals surface area contributed by atoms with E-state index < -0.39 is 38.1 Å². The predicted molar refractivity (Wildman–Crippen MR) is 122 cm³/mol. The third-order valence-electron chi connectivity index (χ3n) is 5.34. The highest BCUT2D eigenvalue weighted by Gasteiger charge is 2.41. The van der Waals surface area contributed by atoms with E-state index in [-0.39, 0.29) is 11.5 Å². The molecule has 2 atom stereocenters. The zero-order chi connectivity index (χ0) is 23.2. The van der Waals surface area contributed by atoms with Crippen LogP contribution in [0.25, 0.3) is 0 Å². The second kappa shape index (κ2) is 10.4. The highest BCUT2D eigenvalue weighted by molar-refractivity contribution is 6.74. The van der Waals surface area contributed by atoms with E-state index >= 15 is 0 Å². The van der Waals surface area contributed by atoms with Gasteiger partial charge in [-0.3, -0.25) is 4.79 Å². The van der Waals surface area contributed by atoms with Crippen LogP contribution in [0, 0.1) is 0 Å². The molecule has 0 saturated heterocycles. The summed E-state index contributed by atoms with van der Waals surface area (Å²) in [5, 5.41) is 12.2. The zero-order valence-corrected chi connectivity index (χ0v) is 20.7. The fraction of sp³-hybridized carbons (Fsp3) is 0.652. The third-order valence-corrected chi connectivity index (χ3v) is 9.85. The molecule has 1 rings (SSSR count). The first-order chi connectivity index (χ1) is 13.6.